The van der Waals surface area contributed by atoms with Crippen molar-refractivity contribution in [3.63, 3.8) is 0 Å². The highest BCUT2D eigenvalue weighted by Crippen LogP contribution is 2.21. The third kappa shape index (κ3) is 4.85. The number of sulfonamides is 1. The standard InChI is InChI=1S/C17H21ClN4O4S/c1-2-27(24,25)22-9-7-13(8-10-22)17(23)19-11-15-20-16(21-26-15)12-3-5-14(18)6-4-12/h3-6,13H,2,7-11H2,1H3,(H,19,23). The van der Waals surface area contributed by atoms with Gasteiger partial charge in [-0.15, -0.1) is 0 Å². The van der Waals surface area contributed by atoms with Gasteiger partial charge in [0.1, 0.15) is 0 Å². The van der Waals surface area contributed by atoms with Gasteiger partial charge in [0.05, 0.1) is 12.3 Å². The zero-order valence-corrected chi connectivity index (χ0v) is 16.5. The van der Waals surface area contributed by atoms with E-state index in [-0.39, 0.29) is 24.1 Å². The van der Waals surface area contributed by atoms with Crippen molar-refractivity contribution in [2.75, 3.05) is 18.8 Å². The van der Waals surface area contributed by atoms with Crippen molar-refractivity contribution in [1.29, 1.82) is 0 Å². The van der Waals surface area contributed by atoms with Crippen molar-refractivity contribution >= 4 is 27.5 Å². The average molecular weight is 413 g/mol. The van der Waals surface area contributed by atoms with Crippen LogP contribution in [0, 0.1) is 5.92 Å². The van der Waals surface area contributed by atoms with Gasteiger partial charge in [0, 0.05) is 29.6 Å². The number of nitrogens with one attached hydrogen (secondary N) is 1. The molecule has 1 fully saturated rings. The maximum atomic E-state index is 12.3. The fourth-order valence-corrected chi connectivity index (χ4v) is 4.19. The minimum atomic E-state index is -3.19. The molecule has 0 radical (unpaired) electrons. The van der Waals surface area contributed by atoms with Crippen LogP contribution in [-0.2, 0) is 21.4 Å². The summed E-state index contributed by atoms with van der Waals surface area (Å²) >= 11 is 5.86. The van der Waals surface area contributed by atoms with E-state index in [1.807, 2.05) is 0 Å². The molecule has 27 heavy (non-hydrogen) atoms. The van der Waals surface area contributed by atoms with Crippen LogP contribution in [-0.4, -0.2) is 47.6 Å². The molecule has 1 aromatic heterocycles. The summed E-state index contributed by atoms with van der Waals surface area (Å²) in [6.07, 6.45) is 1.01. The Kier molecular flexibility index (Phi) is 6.13. The second kappa shape index (κ2) is 8.37. The molecule has 1 aromatic carbocycles. The van der Waals surface area contributed by atoms with Gasteiger partial charge in [-0.2, -0.15) is 4.98 Å². The topological polar surface area (TPSA) is 105 Å². The van der Waals surface area contributed by atoms with E-state index in [0.717, 1.165) is 5.56 Å². The summed E-state index contributed by atoms with van der Waals surface area (Å²) in [6.45, 7) is 2.49. The Bertz CT molecular complexity index is 890. The van der Waals surface area contributed by atoms with Crippen LogP contribution in [0.1, 0.15) is 25.7 Å². The number of carbonyl (C=O) groups is 1. The first-order valence-corrected chi connectivity index (χ1v) is 10.7. The Morgan fingerprint density at radius 3 is 2.59 bits per heavy atom. The van der Waals surface area contributed by atoms with Crippen LogP contribution in [0.15, 0.2) is 28.8 Å². The summed E-state index contributed by atoms with van der Waals surface area (Å²) in [5.41, 5.74) is 0.769. The highest BCUT2D eigenvalue weighted by Gasteiger charge is 2.30. The zero-order valence-electron chi connectivity index (χ0n) is 14.9. The van der Waals surface area contributed by atoms with Gasteiger partial charge in [-0.25, -0.2) is 12.7 Å². The predicted molar refractivity (Wildman–Crippen MR) is 100 cm³/mol. The molecule has 3 rings (SSSR count). The van der Waals surface area contributed by atoms with Crippen LogP contribution in [0.4, 0.5) is 0 Å². The summed E-state index contributed by atoms with van der Waals surface area (Å²) in [7, 11) is -3.19. The number of hydrogen-bond donors (Lipinski definition) is 1. The van der Waals surface area contributed by atoms with Crippen LogP contribution < -0.4 is 5.32 Å². The van der Waals surface area contributed by atoms with Gasteiger partial charge in [0.25, 0.3) is 0 Å². The summed E-state index contributed by atoms with van der Waals surface area (Å²) in [5, 5.41) is 7.30. The van der Waals surface area contributed by atoms with E-state index in [9.17, 15) is 13.2 Å². The predicted octanol–water partition coefficient (Wildman–Crippen LogP) is 2.07. The lowest BCUT2D eigenvalue weighted by atomic mass is 9.97. The molecule has 0 bridgehead atoms. The highest BCUT2D eigenvalue weighted by atomic mass is 35.5. The molecule has 0 unspecified atom stereocenters. The van der Waals surface area contributed by atoms with Crippen molar-refractivity contribution in [2.24, 2.45) is 5.92 Å². The third-order valence-electron chi connectivity index (χ3n) is 4.57. The van der Waals surface area contributed by atoms with Gasteiger partial charge in [0.15, 0.2) is 0 Å². The van der Waals surface area contributed by atoms with Crippen LogP contribution in [0.2, 0.25) is 5.02 Å². The molecule has 2 heterocycles. The minimum absolute atomic E-state index is 0.0803. The Hall–Kier alpha value is -1.97. The number of halogens is 1. The lowest BCUT2D eigenvalue weighted by Gasteiger charge is -2.30. The fraction of sp³-hybridized carbons (Fsp3) is 0.471. The average Bonchev–Trinajstić information content (AvgIpc) is 3.16. The second-order valence-electron chi connectivity index (χ2n) is 6.31. The van der Waals surface area contributed by atoms with Gasteiger partial charge >= 0.3 is 0 Å². The van der Waals surface area contributed by atoms with Crippen molar-refractivity contribution < 1.29 is 17.7 Å². The monoisotopic (exact) mass is 412 g/mol. The van der Waals surface area contributed by atoms with E-state index in [0.29, 0.717) is 42.7 Å². The molecular weight excluding hydrogens is 392 g/mol. The van der Waals surface area contributed by atoms with Gasteiger partial charge in [-0.1, -0.05) is 16.8 Å². The molecule has 1 aliphatic heterocycles. The number of piperidine rings is 1. The van der Waals surface area contributed by atoms with E-state index < -0.39 is 10.0 Å². The van der Waals surface area contributed by atoms with Crippen molar-refractivity contribution in [3.05, 3.63) is 35.2 Å². The lowest BCUT2D eigenvalue weighted by molar-refractivity contribution is -0.126. The first kappa shape index (κ1) is 19.8. The molecule has 1 aliphatic rings. The fourth-order valence-electron chi connectivity index (χ4n) is 2.93. The number of rotatable bonds is 6. The number of benzene rings is 1. The van der Waals surface area contributed by atoms with Crippen molar-refractivity contribution in [2.45, 2.75) is 26.3 Å². The summed E-state index contributed by atoms with van der Waals surface area (Å²) in [6, 6.07) is 7.04. The molecule has 0 atom stereocenters. The van der Waals surface area contributed by atoms with E-state index in [4.69, 9.17) is 16.1 Å². The van der Waals surface area contributed by atoms with Crippen LogP contribution in [0.5, 0.6) is 0 Å². The van der Waals surface area contributed by atoms with E-state index in [2.05, 4.69) is 15.5 Å². The molecule has 2 aromatic rings. The molecule has 1 amide bonds. The molecule has 0 saturated carbocycles. The van der Waals surface area contributed by atoms with E-state index in [1.165, 1.54) is 4.31 Å². The quantitative estimate of drug-likeness (QED) is 0.778. The van der Waals surface area contributed by atoms with E-state index >= 15 is 0 Å². The number of aromatic nitrogens is 2. The van der Waals surface area contributed by atoms with Crippen LogP contribution in [0.3, 0.4) is 0 Å². The van der Waals surface area contributed by atoms with Crippen LogP contribution in [0.25, 0.3) is 11.4 Å². The molecule has 0 aliphatic carbocycles. The zero-order chi connectivity index (χ0) is 19.4. The molecule has 8 nitrogen and oxygen atoms in total. The second-order valence-corrected chi connectivity index (χ2v) is 9.00. The lowest BCUT2D eigenvalue weighted by Crippen LogP contribution is -2.43. The maximum Gasteiger partial charge on any atom is 0.246 e. The molecule has 10 heteroatoms. The Morgan fingerprint density at radius 2 is 1.96 bits per heavy atom. The summed E-state index contributed by atoms with van der Waals surface area (Å²) in [5.74, 6) is 0.465. The Morgan fingerprint density at radius 1 is 1.30 bits per heavy atom. The first-order valence-electron chi connectivity index (χ1n) is 8.73. The smallest absolute Gasteiger partial charge is 0.246 e. The molecule has 1 saturated heterocycles. The van der Waals surface area contributed by atoms with Crippen molar-refractivity contribution in [3.8, 4) is 11.4 Å². The third-order valence-corrected chi connectivity index (χ3v) is 6.70. The molecule has 0 spiro atoms. The number of carbonyl (C=O) groups excluding carboxylic acids is 1. The molecule has 1 N–H and O–H groups in total. The van der Waals surface area contributed by atoms with Gasteiger partial charge in [-0.05, 0) is 44.0 Å². The van der Waals surface area contributed by atoms with Gasteiger partial charge < -0.3 is 9.84 Å². The number of amides is 1. The Labute approximate surface area is 162 Å². The number of hydrogen-bond acceptors (Lipinski definition) is 6. The summed E-state index contributed by atoms with van der Waals surface area (Å²) in [4.78, 5) is 16.6. The first-order chi connectivity index (χ1) is 12.9. The maximum absolute atomic E-state index is 12.3. The largest absolute Gasteiger partial charge is 0.347 e. The SMILES string of the molecule is CCS(=O)(=O)N1CCC(C(=O)NCc2nc(-c3ccc(Cl)cc3)no2)CC1. The van der Waals surface area contributed by atoms with Crippen molar-refractivity contribution in [1.82, 2.24) is 19.8 Å². The van der Waals surface area contributed by atoms with Gasteiger partial charge in [0.2, 0.25) is 27.6 Å². The van der Waals surface area contributed by atoms with Crippen LogP contribution >= 0.6 is 11.6 Å². The Balaban J connectivity index is 1.51. The minimum Gasteiger partial charge on any atom is -0.347 e. The summed E-state index contributed by atoms with van der Waals surface area (Å²) < 4.78 is 30.4. The highest BCUT2D eigenvalue weighted by molar-refractivity contribution is 7.89. The van der Waals surface area contributed by atoms with E-state index in [1.54, 1.807) is 31.2 Å². The number of nitrogens with zero attached hydrogens (tertiary/aromatic N) is 3. The molecule has 146 valence electrons. The molecular formula is C17H21ClN4O4S. The van der Waals surface area contributed by atoms with Gasteiger partial charge in [-0.3, -0.25) is 4.79 Å². The normalized spacial score (nSPS) is 16.4.